The number of imidazole rings is 2. The van der Waals surface area contributed by atoms with Crippen LogP contribution in [0.5, 0.6) is 0 Å². The highest BCUT2D eigenvalue weighted by atomic mass is 31.2. The number of hydrogen-bond acceptors (Lipinski definition) is 18. The Hall–Kier alpha value is -3.24. The topological polar surface area (TPSA) is 313 Å². The summed E-state index contributed by atoms with van der Waals surface area (Å²) in [5.74, 6) is -0.124. The Balaban J connectivity index is 1.19. The van der Waals surface area contributed by atoms with Crippen LogP contribution in [0.15, 0.2) is 23.8 Å². The van der Waals surface area contributed by atoms with Crippen molar-refractivity contribution in [2.24, 2.45) is 0 Å². The van der Waals surface area contributed by atoms with Crippen LogP contribution in [0, 0.1) is 0 Å². The molecule has 2 bridgehead atoms. The lowest BCUT2D eigenvalue weighted by molar-refractivity contribution is -0.0713. The zero-order valence-corrected chi connectivity index (χ0v) is 23.9. The Morgan fingerprint density at radius 1 is 1.00 bits per heavy atom. The first-order valence-electron chi connectivity index (χ1n) is 12.9. The lowest BCUT2D eigenvalue weighted by Crippen LogP contribution is -2.36. The molecule has 44 heavy (non-hydrogen) atoms. The van der Waals surface area contributed by atoms with Crippen molar-refractivity contribution in [3.8, 4) is 0 Å². The molecule has 4 aromatic heterocycles. The lowest BCUT2D eigenvalue weighted by atomic mass is 10.1. The van der Waals surface area contributed by atoms with E-state index in [1.165, 1.54) is 21.8 Å². The number of aromatic nitrogens is 8. The summed E-state index contributed by atoms with van der Waals surface area (Å²) in [7, 11) is -9.61. The van der Waals surface area contributed by atoms with Crippen LogP contribution in [-0.2, 0) is 32.1 Å². The number of fused-ring (bicyclic) bond motifs is 5. The molecular weight excluding hydrogens is 634 g/mol. The quantitative estimate of drug-likeness (QED) is 0.117. The molecule has 0 saturated carbocycles. The molecule has 24 heteroatoms. The molecule has 236 valence electrons. The van der Waals surface area contributed by atoms with E-state index >= 15 is 0 Å². The third-order valence-corrected chi connectivity index (χ3v) is 9.27. The predicted octanol–water partition coefficient (Wildman–Crippen LogP) is -1.75. The number of nitrogens with one attached hydrogen (secondary N) is 1. The molecule has 9 N–H and O–H groups in total. The Bertz CT molecular complexity index is 1830. The normalized spacial score (nSPS) is 34.4. The maximum absolute atomic E-state index is 13.0. The Morgan fingerprint density at radius 3 is 2.59 bits per heavy atom. The summed E-state index contributed by atoms with van der Waals surface area (Å²) in [5.41, 5.74) is 11.3. The van der Waals surface area contributed by atoms with Gasteiger partial charge in [-0.05, 0) is 0 Å². The SMILES string of the molecule is Nc1nc2c(ncn2C2OC3COP(=O)(O)OC4CC(n5cnc6c(N)ncnc65)OC4CO[P+](O)(O)OC2C3O)c(=O)[nH]1. The van der Waals surface area contributed by atoms with Crippen LogP contribution >= 0.6 is 16.0 Å². The number of phosphoric ester groups is 1. The molecule has 7 rings (SSSR count). The number of hydrogen-bond donors (Lipinski definition) is 7. The van der Waals surface area contributed by atoms with E-state index in [9.17, 15) is 29.1 Å². The maximum Gasteiger partial charge on any atom is 0.570 e. The number of nitrogens with zero attached hydrogens (tertiary/aromatic N) is 7. The molecule has 8 atom stereocenters. The average molecular weight is 659 g/mol. The second kappa shape index (κ2) is 10.7. The molecule has 3 aliphatic heterocycles. The molecule has 0 aliphatic carbocycles. The van der Waals surface area contributed by atoms with E-state index in [-0.39, 0.29) is 29.4 Å². The smallest absolute Gasteiger partial charge is 0.387 e. The number of aliphatic hydroxyl groups excluding tert-OH is 1. The van der Waals surface area contributed by atoms with Gasteiger partial charge in [-0.3, -0.25) is 28.0 Å². The Labute approximate surface area is 244 Å². The van der Waals surface area contributed by atoms with Crippen LogP contribution in [0.4, 0.5) is 11.8 Å². The number of aliphatic hydroxyl groups is 1. The molecular formula is C20H25N10O12P2+. The number of nitrogens with two attached hydrogens (primary N) is 2. The molecule has 0 radical (unpaired) electrons. The van der Waals surface area contributed by atoms with Gasteiger partial charge in [-0.25, -0.2) is 24.5 Å². The van der Waals surface area contributed by atoms with Gasteiger partial charge in [0.05, 0.1) is 19.3 Å². The van der Waals surface area contributed by atoms with Crippen LogP contribution in [0.25, 0.3) is 22.3 Å². The van der Waals surface area contributed by atoms with Gasteiger partial charge in [0.25, 0.3) is 5.56 Å². The predicted molar refractivity (Wildman–Crippen MR) is 144 cm³/mol. The number of ether oxygens (including phenoxy) is 2. The summed E-state index contributed by atoms with van der Waals surface area (Å²) >= 11 is 0. The van der Waals surface area contributed by atoms with Crippen molar-refractivity contribution in [3.05, 3.63) is 29.3 Å². The van der Waals surface area contributed by atoms with E-state index in [4.69, 9.17) is 39.0 Å². The summed E-state index contributed by atoms with van der Waals surface area (Å²) in [6, 6.07) is 0. The van der Waals surface area contributed by atoms with E-state index in [1.54, 1.807) is 0 Å². The minimum absolute atomic E-state index is 0.0450. The highest BCUT2D eigenvalue weighted by Gasteiger charge is 2.57. The third-order valence-electron chi connectivity index (χ3n) is 7.25. The van der Waals surface area contributed by atoms with Gasteiger partial charge in [-0.2, -0.15) is 19.3 Å². The fourth-order valence-electron chi connectivity index (χ4n) is 5.26. The van der Waals surface area contributed by atoms with Crippen molar-refractivity contribution in [2.45, 2.75) is 49.4 Å². The molecule has 0 spiro atoms. The zero-order chi connectivity index (χ0) is 31.0. The fourth-order valence-corrected chi connectivity index (χ4v) is 7.17. The number of aromatic amines is 1. The summed E-state index contributed by atoms with van der Waals surface area (Å²) in [6.45, 7) is -1.31. The average Bonchev–Trinajstić information content (AvgIpc) is 3.72. The van der Waals surface area contributed by atoms with Crippen molar-refractivity contribution in [3.63, 3.8) is 0 Å². The van der Waals surface area contributed by atoms with Crippen LogP contribution in [0.3, 0.4) is 0 Å². The van der Waals surface area contributed by atoms with Crippen LogP contribution in [0.1, 0.15) is 18.9 Å². The number of rotatable bonds is 2. The van der Waals surface area contributed by atoms with Gasteiger partial charge in [0.2, 0.25) is 5.95 Å². The van der Waals surface area contributed by atoms with Crippen molar-refractivity contribution in [1.82, 2.24) is 39.0 Å². The van der Waals surface area contributed by atoms with Crippen LogP contribution in [-0.4, -0.2) is 103 Å². The summed E-state index contributed by atoms with van der Waals surface area (Å²) < 4.78 is 48.9. The van der Waals surface area contributed by atoms with Crippen molar-refractivity contribution in [1.29, 1.82) is 0 Å². The molecule has 0 aromatic carbocycles. The molecule has 3 saturated heterocycles. The van der Waals surface area contributed by atoms with Gasteiger partial charge in [0.15, 0.2) is 35.0 Å². The molecule has 3 aliphatic rings. The minimum Gasteiger partial charge on any atom is -0.387 e. The van der Waals surface area contributed by atoms with Gasteiger partial charge in [-0.1, -0.05) is 0 Å². The summed E-state index contributed by atoms with van der Waals surface area (Å²) in [6.07, 6.45) is -5.54. The Kier molecular flexibility index (Phi) is 7.16. The number of nitrogen functional groups attached to an aromatic ring is 2. The van der Waals surface area contributed by atoms with E-state index in [2.05, 4.69) is 29.9 Å². The minimum atomic E-state index is -4.85. The molecule has 22 nitrogen and oxygen atoms in total. The van der Waals surface area contributed by atoms with Crippen LogP contribution < -0.4 is 17.0 Å². The van der Waals surface area contributed by atoms with Crippen LogP contribution in [0.2, 0.25) is 0 Å². The number of H-pyrrole nitrogens is 1. The lowest BCUT2D eigenvalue weighted by Gasteiger charge is -2.23. The molecule has 4 aromatic rings. The van der Waals surface area contributed by atoms with E-state index < -0.39 is 77.7 Å². The fraction of sp³-hybridized carbons (Fsp3) is 0.500. The first-order chi connectivity index (χ1) is 20.9. The van der Waals surface area contributed by atoms with Gasteiger partial charge < -0.3 is 30.9 Å². The molecule has 3 fully saturated rings. The summed E-state index contributed by atoms with van der Waals surface area (Å²) in [5, 5.41) is 11.0. The van der Waals surface area contributed by atoms with Crippen molar-refractivity contribution < 1.29 is 51.9 Å². The largest absolute Gasteiger partial charge is 0.570 e. The van der Waals surface area contributed by atoms with Gasteiger partial charge in [0.1, 0.15) is 49.1 Å². The highest BCUT2D eigenvalue weighted by Crippen LogP contribution is 2.58. The first-order valence-corrected chi connectivity index (χ1v) is 15.9. The zero-order valence-electron chi connectivity index (χ0n) is 22.1. The molecule has 7 heterocycles. The van der Waals surface area contributed by atoms with Gasteiger partial charge in [0, 0.05) is 6.42 Å². The van der Waals surface area contributed by atoms with Gasteiger partial charge >= 0.3 is 16.0 Å². The van der Waals surface area contributed by atoms with E-state index in [0.29, 0.717) is 11.2 Å². The maximum atomic E-state index is 13.0. The van der Waals surface area contributed by atoms with E-state index in [0.717, 1.165) is 6.33 Å². The third kappa shape index (κ3) is 5.23. The second-order valence-corrected chi connectivity index (χ2v) is 12.9. The monoisotopic (exact) mass is 659 g/mol. The van der Waals surface area contributed by atoms with E-state index in [1.807, 2.05) is 0 Å². The van der Waals surface area contributed by atoms with Gasteiger partial charge in [-0.15, -0.1) is 4.52 Å². The Morgan fingerprint density at radius 2 is 1.77 bits per heavy atom. The van der Waals surface area contributed by atoms with Crippen molar-refractivity contribution in [2.75, 3.05) is 24.7 Å². The first kappa shape index (κ1) is 29.5. The number of anilines is 2. The van der Waals surface area contributed by atoms with Crippen molar-refractivity contribution >= 4 is 50.1 Å². The molecule has 8 unspecified atom stereocenters. The standard InChI is InChI=1S/C20H24N10O12P2/c21-15-11-16(24-4-23-15)29(5-25-11)10-1-7-8(39-10)2-37-44(35,36)42-14-13(31)9(3-38-43(33,34)41-7)40-19(14)30-6-26-12-17(30)27-20(22)28-18(12)32/h4-10,13-14,19,31,35-36H,1-3H2,(H5-,21,22,23,24,27,28,32,33,34)/p+1. The molecule has 0 amide bonds. The summed E-state index contributed by atoms with van der Waals surface area (Å²) in [4.78, 5) is 67.0. The highest BCUT2D eigenvalue weighted by molar-refractivity contribution is 7.54. The number of phosphoric acid groups is 1. The second-order valence-electron chi connectivity index (χ2n) is 10.0.